The van der Waals surface area contributed by atoms with Crippen LogP contribution < -0.4 is 16.4 Å². The van der Waals surface area contributed by atoms with Crippen LogP contribution in [0.3, 0.4) is 0 Å². The summed E-state index contributed by atoms with van der Waals surface area (Å²) in [6.45, 7) is 8.31. The van der Waals surface area contributed by atoms with Gasteiger partial charge in [-0.05, 0) is 49.9 Å². The van der Waals surface area contributed by atoms with Crippen LogP contribution in [0.25, 0.3) is 0 Å². The molecule has 3 heteroatoms. The summed E-state index contributed by atoms with van der Waals surface area (Å²) in [4.78, 5) is 0. The number of nitrogens with one attached hydrogen (secondary N) is 2. The highest BCUT2D eigenvalue weighted by Crippen LogP contribution is 2.09. The van der Waals surface area contributed by atoms with Gasteiger partial charge >= 0.3 is 0 Å². The molecule has 0 aromatic rings. The van der Waals surface area contributed by atoms with Crippen molar-refractivity contribution in [3.8, 4) is 0 Å². The van der Waals surface area contributed by atoms with Gasteiger partial charge in [-0.2, -0.15) is 0 Å². The van der Waals surface area contributed by atoms with Gasteiger partial charge in [0.05, 0.1) is 0 Å². The molecule has 0 spiro atoms. The Morgan fingerprint density at radius 2 is 1.86 bits per heavy atom. The zero-order valence-corrected chi connectivity index (χ0v) is 14.5. The van der Waals surface area contributed by atoms with Crippen LogP contribution in [-0.4, -0.2) is 32.2 Å². The molecule has 0 saturated heterocycles. The molecule has 1 atom stereocenters. The summed E-state index contributed by atoms with van der Waals surface area (Å²) in [7, 11) is 0. The van der Waals surface area contributed by atoms with Crippen molar-refractivity contribution in [1.82, 2.24) is 10.6 Å². The lowest BCUT2D eigenvalue weighted by molar-refractivity contribution is 0.446. The van der Waals surface area contributed by atoms with Gasteiger partial charge in [-0.15, -0.1) is 0 Å². The third-order valence-electron chi connectivity index (χ3n) is 4.20. The maximum absolute atomic E-state index is 5.67. The fourth-order valence-electron chi connectivity index (χ4n) is 2.65. The predicted octanol–water partition coefficient (Wildman–Crippen LogP) is 3.30. The normalized spacial score (nSPS) is 16.1. The second kappa shape index (κ2) is 12.6. The summed E-state index contributed by atoms with van der Waals surface area (Å²) in [5, 5.41) is 7.21. The average Bonchev–Trinajstić information content (AvgIpc) is 2.78. The van der Waals surface area contributed by atoms with Gasteiger partial charge in [0.25, 0.3) is 0 Å². The Balaban J connectivity index is 2.07. The van der Waals surface area contributed by atoms with Gasteiger partial charge in [0.1, 0.15) is 0 Å². The molecule has 0 fully saturated rings. The van der Waals surface area contributed by atoms with Crippen molar-refractivity contribution in [1.29, 1.82) is 0 Å². The lowest BCUT2D eigenvalue weighted by atomic mass is 10.1. The number of hydrogen-bond acceptors (Lipinski definition) is 3. The standard InChI is InChI=1S/C19H35N3/c1-3-5-10-19(4-2)22-14-7-13-21-16-18-9-6-8-17(15-20)11-12-18/h8-9,11-12,19,21-22H,3-7,10,13-16,20H2,1-2H3. The highest BCUT2D eigenvalue weighted by Gasteiger charge is 2.03. The van der Waals surface area contributed by atoms with E-state index in [0.29, 0.717) is 12.6 Å². The van der Waals surface area contributed by atoms with Crippen molar-refractivity contribution in [3.63, 3.8) is 0 Å². The van der Waals surface area contributed by atoms with E-state index in [4.69, 9.17) is 5.73 Å². The molecule has 3 nitrogen and oxygen atoms in total. The van der Waals surface area contributed by atoms with E-state index in [9.17, 15) is 0 Å². The molecule has 0 aromatic carbocycles. The Kier molecular flexibility index (Phi) is 11.0. The molecule has 0 aromatic heterocycles. The van der Waals surface area contributed by atoms with Crippen molar-refractivity contribution in [2.24, 2.45) is 5.73 Å². The molecular weight excluding hydrogens is 270 g/mol. The van der Waals surface area contributed by atoms with E-state index in [-0.39, 0.29) is 0 Å². The van der Waals surface area contributed by atoms with E-state index < -0.39 is 0 Å². The Bertz CT molecular complexity index is 369. The zero-order valence-electron chi connectivity index (χ0n) is 14.5. The van der Waals surface area contributed by atoms with Crippen LogP contribution in [0.1, 0.15) is 52.4 Å². The van der Waals surface area contributed by atoms with E-state index in [1.54, 1.807) is 0 Å². The van der Waals surface area contributed by atoms with Crippen molar-refractivity contribution < 1.29 is 0 Å². The van der Waals surface area contributed by atoms with Gasteiger partial charge in [0.15, 0.2) is 0 Å². The molecule has 1 rings (SSSR count). The highest BCUT2D eigenvalue weighted by atomic mass is 14.9. The van der Waals surface area contributed by atoms with Gasteiger partial charge < -0.3 is 16.4 Å². The Labute approximate surface area is 137 Å². The van der Waals surface area contributed by atoms with Crippen LogP contribution in [0.15, 0.2) is 35.5 Å². The van der Waals surface area contributed by atoms with Crippen molar-refractivity contribution >= 4 is 0 Å². The number of allylic oxidation sites excluding steroid dienone is 2. The largest absolute Gasteiger partial charge is 0.327 e. The van der Waals surface area contributed by atoms with Crippen LogP contribution in [0.2, 0.25) is 0 Å². The van der Waals surface area contributed by atoms with E-state index in [2.05, 4.69) is 48.8 Å². The molecule has 1 unspecified atom stereocenters. The van der Waals surface area contributed by atoms with Gasteiger partial charge in [-0.25, -0.2) is 0 Å². The lowest BCUT2D eigenvalue weighted by Gasteiger charge is -2.16. The minimum Gasteiger partial charge on any atom is -0.327 e. The van der Waals surface area contributed by atoms with E-state index >= 15 is 0 Å². The molecule has 1 aliphatic carbocycles. The second-order valence-electron chi connectivity index (χ2n) is 6.06. The molecule has 1 aliphatic rings. The summed E-state index contributed by atoms with van der Waals surface area (Å²) in [5.41, 5.74) is 8.27. The summed E-state index contributed by atoms with van der Waals surface area (Å²) in [6.07, 6.45) is 16.2. The SMILES string of the molecule is CCCCC(CC)NCCCNCC1=CCC=C(CN)C=C1. The Hall–Kier alpha value is -0.900. The molecule has 0 aliphatic heterocycles. The molecule has 0 bridgehead atoms. The van der Waals surface area contributed by atoms with Crippen LogP contribution in [-0.2, 0) is 0 Å². The summed E-state index contributed by atoms with van der Waals surface area (Å²) in [5.74, 6) is 0. The minimum atomic E-state index is 0.632. The maximum atomic E-state index is 5.67. The Morgan fingerprint density at radius 3 is 2.59 bits per heavy atom. The highest BCUT2D eigenvalue weighted by molar-refractivity contribution is 5.33. The smallest absolute Gasteiger partial charge is 0.0202 e. The number of hydrogen-bond donors (Lipinski definition) is 3. The van der Waals surface area contributed by atoms with Crippen LogP contribution in [0.4, 0.5) is 0 Å². The van der Waals surface area contributed by atoms with Crippen molar-refractivity contribution in [2.45, 2.75) is 58.4 Å². The third kappa shape index (κ3) is 8.52. The zero-order chi connectivity index (χ0) is 16.0. The quantitative estimate of drug-likeness (QED) is 0.485. The maximum Gasteiger partial charge on any atom is 0.0202 e. The van der Waals surface area contributed by atoms with Crippen LogP contribution in [0, 0.1) is 0 Å². The Morgan fingerprint density at radius 1 is 1.09 bits per heavy atom. The summed E-state index contributed by atoms with van der Waals surface area (Å²) in [6, 6.07) is 0.702. The van der Waals surface area contributed by atoms with Crippen LogP contribution in [0.5, 0.6) is 0 Å². The molecule has 0 heterocycles. The molecule has 4 N–H and O–H groups in total. The molecule has 126 valence electrons. The van der Waals surface area contributed by atoms with Gasteiger partial charge in [0, 0.05) is 19.1 Å². The molecule has 0 saturated carbocycles. The summed E-state index contributed by atoms with van der Waals surface area (Å²) >= 11 is 0. The third-order valence-corrected chi connectivity index (χ3v) is 4.20. The number of unbranched alkanes of at least 4 members (excludes halogenated alkanes) is 1. The second-order valence-corrected chi connectivity index (χ2v) is 6.06. The van der Waals surface area contributed by atoms with E-state index in [1.807, 2.05) is 0 Å². The number of rotatable bonds is 12. The van der Waals surface area contributed by atoms with Gasteiger partial charge in [0.2, 0.25) is 0 Å². The lowest BCUT2D eigenvalue weighted by Crippen LogP contribution is -2.31. The molecule has 0 amide bonds. The number of nitrogens with two attached hydrogens (primary N) is 1. The first kappa shape index (κ1) is 19.1. The topological polar surface area (TPSA) is 50.1 Å². The average molecular weight is 306 g/mol. The predicted molar refractivity (Wildman–Crippen MR) is 98.1 cm³/mol. The molecule has 0 radical (unpaired) electrons. The first-order chi connectivity index (χ1) is 10.8. The van der Waals surface area contributed by atoms with E-state index in [0.717, 1.165) is 26.1 Å². The summed E-state index contributed by atoms with van der Waals surface area (Å²) < 4.78 is 0. The van der Waals surface area contributed by atoms with Gasteiger partial charge in [-0.3, -0.25) is 0 Å². The van der Waals surface area contributed by atoms with Crippen molar-refractivity contribution in [2.75, 3.05) is 26.2 Å². The molecular formula is C19H35N3. The monoisotopic (exact) mass is 305 g/mol. The first-order valence-corrected chi connectivity index (χ1v) is 9.00. The fourth-order valence-corrected chi connectivity index (χ4v) is 2.65. The van der Waals surface area contributed by atoms with Crippen LogP contribution >= 0.6 is 0 Å². The van der Waals surface area contributed by atoms with Gasteiger partial charge in [-0.1, -0.05) is 51.0 Å². The first-order valence-electron chi connectivity index (χ1n) is 9.00. The fraction of sp³-hybridized carbons (Fsp3) is 0.684. The van der Waals surface area contributed by atoms with E-state index in [1.165, 1.54) is 43.3 Å². The van der Waals surface area contributed by atoms with Crippen molar-refractivity contribution in [3.05, 3.63) is 35.5 Å². The minimum absolute atomic E-state index is 0.632. The molecule has 22 heavy (non-hydrogen) atoms.